The van der Waals surface area contributed by atoms with E-state index in [9.17, 15) is 9.59 Å². The van der Waals surface area contributed by atoms with Crippen LogP contribution in [0.3, 0.4) is 0 Å². The van der Waals surface area contributed by atoms with E-state index in [4.69, 9.17) is 0 Å². The fraction of sp³-hybridized carbons (Fsp3) is 0.400. The number of carbonyl (C=O) groups excluding carboxylic acids is 2. The van der Waals surface area contributed by atoms with Crippen molar-refractivity contribution in [3.63, 3.8) is 0 Å². The van der Waals surface area contributed by atoms with Crippen LogP contribution in [0.25, 0.3) is 0 Å². The predicted octanol–water partition coefficient (Wildman–Crippen LogP) is 3.23. The van der Waals surface area contributed by atoms with E-state index in [0.717, 1.165) is 9.35 Å². The lowest BCUT2D eigenvalue weighted by atomic mass is 10.0. The van der Waals surface area contributed by atoms with Crippen LogP contribution in [0, 0.1) is 12.8 Å². The van der Waals surface area contributed by atoms with Gasteiger partial charge in [0.05, 0.1) is 14.6 Å². The Morgan fingerprint density at radius 3 is 2.43 bits per heavy atom. The first-order valence-electron chi connectivity index (χ1n) is 4.24. The third-order valence-corrected chi connectivity index (χ3v) is 4.25. The summed E-state index contributed by atoms with van der Waals surface area (Å²) in [6.45, 7) is 5.02. The molecule has 0 amide bonds. The summed E-state index contributed by atoms with van der Waals surface area (Å²) < 4.78 is 0.955. The number of rotatable bonds is 3. The third kappa shape index (κ3) is 2.30. The first kappa shape index (κ1) is 11.6. The predicted molar refractivity (Wildman–Crippen MR) is 60.9 cm³/mol. The molecule has 1 atom stereocenters. The Kier molecular flexibility index (Phi) is 3.61. The maximum atomic E-state index is 11.7. The lowest BCUT2D eigenvalue weighted by Gasteiger charge is -2.02. The van der Waals surface area contributed by atoms with Crippen molar-refractivity contribution in [3.05, 3.63) is 20.3 Å². The monoisotopic (exact) mass is 274 g/mol. The van der Waals surface area contributed by atoms with Gasteiger partial charge in [-0.1, -0.05) is 0 Å². The highest BCUT2D eigenvalue weighted by Crippen LogP contribution is 2.29. The van der Waals surface area contributed by atoms with Crippen molar-refractivity contribution in [1.82, 2.24) is 0 Å². The standard InChI is InChI=1S/C10H11BrO2S/c1-5-4-8(14-10(5)11)9(13)6(2)7(3)12/h4,6H,1-3H3. The molecule has 1 heterocycles. The van der Waals surface area contributed by atoms with Crippen molar-refractivity contribution >= 4 is 38.8 Å². The van der Waals surface area contributed by atoms with Gasteiger partial charge in [-0.2, -0.15) is 0 Å². The quantitative estimate of drug-likeness (QED) is 0.627. The van der Waals surface area contributed by atoms with Gasteiger partial charge in [-0.05, 0) is 48.3 Å². The van der Waals surface area contributed by atoms with Crippen LogP contribution in [0.1, 0.15) is 29.1 Å². The molecule has 1 aromatic rings. The molecule has 4 heteroatoms. The Hall–Kier alpha value is -0.480. The summed E-state index contributed by atoms with van der Waals surface area (Å²) in [5.74, 6) is -0.701. The third-order valence-electron chi connectivity index (χ3n) is 2.10. The van der Waals surface area contributed by atoms with Crippen LogP contribution in [-0.2, 0) is 4.79 Å². The second-order valence-corrected chi connectivity index (χ2v) is 5.63. The summed E-state index contributed by atoms with van der Waals surface area (Å²) in [4.78, 5) is 23.4. The van der Waals surface area contributed by atoms with Gasteiger partial charge in [0.25, 0.3) is 0 Å². The van der Waals surface area contributed by atoms with Gasteiger partial charge in [-0.3, -0.25) is 9.59 Å². The van der Waals surface area contributed by atoms with E-state index in [0.29, 0.717) is 4.88 Å². The van der Waals surface area contributed by atoms with Crippen LogP contribution in [0.4, 0.5) is 0 Å². The highest BCUT2D eigenvalue weighted by atomic mass is 79.9. The maximum Gasteiger partial charge on any atom is 0.182 e. The van der Waals surface area contributed by atoms with Gasteiger partial charge in [-0.15, -0.1) is 11.3 Å². The van der Waals surface area contributed by atoms with Crippen LogP contribution in [-0.4, -0.2) is 11.6 Å². The number of thiophene rings is 1. The van der Waals surface area contributed by atoms with Gasteiger partial charge < -0.3 is 0 Å². The molecule has 14 heavy (non-hydrogen) atoms. The van der Waals surface area contributed by atoms with Gasteiger partial charge in [0, 0.05) is 0 Å². The smallest absolute Gasteiger partial charge is 0.182 e. The van der Waals surface area contributed by atoms with E-state index in [2.05, 4.69) is 15.9 Å². The maximum absolute atomic E-state index is 11.7. The Morgan fingerprint density at radius 1 is 1.50 bits per heavy atom. The van der Waals surface area contributed by atoms with E-state index >= 15 is 0 Å². The molecule has 0 aliphatic heterocycles. The van der Waals surface area contributed by atoms with Crippen molar-refractivity contribution in [2.24, 2.45) is 5.92 Å². The average Bonchev–Trinajstić information content (AvgIpc) is 2.44. The van der Waals surface area contributed by atoms with E-state index in [1.165, 1.54) is 18.3 Å². The summed E-state index contributed by atoms with van der Waals surface area (Å²) in [5, 5.41) is 0. The molecular weight excluding hydrogens is 264 g/mol. The molecule has 0 aromatic carbocycles. The minimum Gasteiger partial charge on any atom is -0.299 e. The van der Waals surface area contributed by atoms with E-state index in [-0.39, 0.29) is 11.6 Å². The number of halogens is 1. The van der Waals surface area contributed by atoms with Gasteiger partial charge >= 0.3 is 0 Å². The number of Topliss-reactive ketones (excluding diaryl/α,β-unsaturated/α-hetero) is 2. The summed E-state index contributed by atoms with van der Waals surface area (Å²) in [7, 11) is 0. The molecule has 1 aromatic heterocycles. The Balaban J connectivity index is 2.95. The van der Waals surface area contributed by atoms with Gasteiger partial charge in [0.2, 0.25) is 0 Å². The van der Waals surface area contributed by atoms with Crippen LogP contribution < -0.4 is 0 Å². The number of ketones is 2. The van der Waals surface area contributed by atoms with E-state index in [1.807, 2.05) is 13.0 Å². The van der Waals surface area contributed by atoms with Crippen molar-refractivity contribution in [1.29, 1.82) is 0 Å². The largest absolute Gasteiger partial charge is 0.299 e. The Labute approximate surface area is 95.5 Å². The molecule has 0 saturated carbocycles. The molecule has 0 radical (unpaired) electrons. The Morgan fingerprint density at radius 2 is 2.07 bits per heavy atom. The van der Waals surface area contributed by atoms with Crippen molar-refractivity contribution in [2.75, 3.05) is 0 Å². The molecule has 0 N–H and O–H groups in total. The second kappa shape index (κ2) is 4.36. The molecule has 0 saturated heterocycles. The highest BCUT2D eigenvalue weighted by Gasteiger charge is 2.21. The van der Waals surface area contributed by atoms with Crippen LogP contribution in [0.15, 0.2) is 9.85 Å². The second-order valence-electron chi connectivity index (χ2n) is 3.26. The zero-order valence-corrected chi connectivity index (χ0v) is 10.7. The van der Waals surface area contributed by atoms with E-state index in [1.54, 1.807) is 6.92 Å². The zero-order chi connectivity index (χ0) is 10.9. The number of aryl methyl sites for hydroxylation is 1. The normalized spacial score (nSPS) is 12.6. The lowest BCUT2D eigenvalue weighted by Crippen LogP contribution is -2.17. The molecule has 0 bridgehead atoms. The molecule has 0 spiro atoms. The minimum absolute atomic E-state index is 0.0859. The molecule has 76 valence electrons. The Bertz CT molecular complexity index is 362. The summed E-state index contributed by atoms with van der Waals surface area (Å²) in [5.41, 5.74) is 1.04. The molecule has 0 aliphatic carbocycles. The average molecular weight is 275 g/mol. The first-order valence-corrected chi connectivity index (χ1v) is 5.85. The molecular formula is C10H11BrO2S. The van der Waals surface area contributed by atoms with Crippen LogP contribution in [0.5, 0.6) is 0 Å². The SMILES string of the molecule is CC(=O)C(C)C(=O)c1cc(C)c(Br)s1. The fourth-order valence-electron chi connectivity index (χ4n) is 0.979. The van der Waals surface area contributed by atoms with E-state index < -0.39 is 5.92 Å². The first-order chi connectivity index (χ1) is 6.43. The van der Waals surface area contributed by atoms with Crippen LogP contribution >= 0.6 is 27.3 Å². The topological polar surface area (TPSA) is 34.1 Å². The minimum atomic E-state index is -0.528. The van der Waals surface area contributed by atoms with Crippen molar-refractivity contribution in [3.8, 4) is 0 Å². The van der Waals surface area contributed by atoms with Crippen molar-refractivity contribution in [2.45, 2.75) is 20.8 Å². The molecule has 0 fully saturated rings. The van der Waals surface area contributed by atoms with Crippen molar-refractivity contribution < 1.29 is 9.59 Å². The summed E-state index contributed by atoms with van der Waals surface area (Å²) in [6.07, 6.45) is 0. The fourth-order valence-corrected chi connectivity index (χ4v) is 2.54. The zero-order valence-electron chi connectivity index (χ0n) is 8.26. The number of carbonyl (C=O) groups is 2. The van der Waals surface area contributed by atoms with Gasteiger partial charge in [-0.25, -0.2) is 0 Å². The summed E-state index contributed by atoms with van der Waals surface area (Å²) >= 11 is 4.73. The molecule has 1 unspecified atom stereocenters. The van der Waals surface area contributed by atoms with Gasteiger partial charge in [0.1, 0.15) is 5.78 Å². The molecule has 0 aliphatic rings. The number of hydrogen-bond donors (Lipinski definition) is 0. The van der Waals surface area contributed by atoms with Gasteiger partial charge in [0.15, 0.2) is 5.78 Å². The van der Waals surface area contributed by atoms with Crippen LogP contribution in [0.2, 0.25) is 0 Å². The number of hydrogen-bond acceptors (Lipinski definition) is 3. The lowest BCUT2D eigenvalue weighted by molar-refractivity contribution is -0.118. The molecule has 2 nitrogen and oxygen atoms in total. The highest BCUT2D eigenvalue weighted by molar-refractivity contribution is 9.11. The molecule has 1 rings (SSSR count). The summed E-state index contributed by atoms with van der Waals surface area (Å²) in [6, 6.07) is 1.82.